The zero-order valence-corrected chi connectivity index (χ0v) is 15.7. The minimum atomic E-state index is -0.662. The number of amides is 1. The molecule has 0 bridgehead atoms. The largest absolute Gasteiger partial charge is 0.328 e. The van der Waals surface area contributed by atoms with E-state index in [9.17, 15) is 13.6 Å². The maximum Gasteiger partial charge on any atom is 0.256 e. The number of carbonyl (C=O) groups excluding carboxylic acids is 1. The van der Waals surface area contributed by atoms with Crippen molar-refractivity contribution < 1.29 is 13.6 Å². The number of halogens is 2. The van der Waals surface area contributed by atoms with E-state index in [2.05, 4.69) is 9.98 Å². The van der Waals surface area contributed by atoms with Crippen LogP contribution in [0, 0.1) is 11.6 Å². The number of aliphatic imine (C=N–C) groups is 1. The standard InChI is InChI=1S/C23H17F2N3O/c1-13-17-5-4-14(7-16(17)10-27-13)15-8-20(24)19(21(25)9-15)11-28-12-22-18(23(28)29)3-2-6-26-22/h2-9H,10-12H2,1H3. The molecule has 1 amide bonds. The van der Waals surface area contributed by atoms with E-state index in [-0.39, 0.29) is 24.6 Å². The molecule has 2 aliphatic rings. The molecule has 0 unspecified atom stereocenters. The van der Waals surface area contributed by atoms with Gasteiger partial charge in [-0.05, 0) is 53.9 Å². The molecule has 1 aromatic heterocycles. The van der Waals surface area contributed by atoms with Gasteiger partial charge >= 0.3 is 0 Å². The fraction of sp³-hybridized carbons (Fsp3) is 0.174. The lowest BCUT2D eigenvalue weighted by Crippen LogP contribution is -2.24. The van der Waals surface area contributed by atoms with Gasteiger partial charge in [0.15, 0.2) is 0 Å². The summed E-state index contributed by atoms with van der Waals surface area (Å²) in [5.41, 5.74) is 5.32. The van der Waals surface area contributed by atoms with Gasteiger partial charge in [0.05, 0.1) is 30.9 Å². The molecule has 3 heterocycles. The fourth-order valence-electron chi connectivity index (χ4n) is 3.97. The predicted molar refractivity (Wildman–Crippen MR) is 106 cm³/mol. The van der Waals surface area contributed by atoms with Crippen LogP contribution in [0.15, 0.2) is 53.7 Å². The molecule has 144 valence electrons. The van der Waals surface area contributed by atoms with Gasteiger partial charge in [0.1, 0.15) is 11.6 Å². The fourth-order valence-corrected chi connectivity index (χ4v) is 3.97. The first kappa shape index (κ1) is 17.7. The summed E-state index contributed by atoms with van der Waals surface area (Å²) in [4.78, 5) is 22.5. The molecule has 0 saturated carbocycles. The van der Waals surface area contributed by atoms with Gasteiger partial charge in [0.25, 0.3) is 5.91 Å². The molecule has 0 aliphatic carbocycles. The zero-order chi connectivity index (χ0) is 20.1. The summed E-state index contributed by atoms with van der Waals surface area (Å²) in [5, 5.41) is 0. The summed E-state index contributed by atoms with van der Waals surface area (Å²) < 4.78 is 29.7. The molecule has 0 saturated heterocycles. The monoisotopic (exact) mass is 389 g/mol. The molecule has 0 spiro atoms. The molecular formula is C23H17F2N3O. The Morgan fingerprint density at radius 2 is 1.83 bits per heavy atom. The van der Waals surface area contributed by atoms with Crippen molar-refractivity contribution in [2.24, 2.45) is 4.99 Å². The molecule has 29 heavy (non-hydrogen) atoms. The van der Waals surface area contributed by atoms with E-state index >= 15 is 0 Å². The minimum Gasteiger partial charge on any atom is -0.328 e. The van der Waals surface area contributed by atoms with E-state index in [1.807, 2.05) is 25.1 Å². The lowest BCUT2D eigenvalue weighted by Gasteiger charge is -2.17. The number of rotatable bonds is 3. The van der Waals surface area contributed by atoms with Crippen molar-refractivity contribution in [2.75, 3.05) is 0 Å². The topological polar surface area (TPSA) is 45.6 Å². The van der Waals surface area contributed by atoms with Crippen molar-refractivity contribution in [2.45, 2.75) is 26.6 Å². The van der Waals surface area contributed by atoms with Crippen LogP contribution >= 0.6 is 0 Å². The first-order valence-electron chi connectivity index (χ1n) is 9.37. The van der Waals surface area contributed by atoms with Gasteiger partial charge in [-0.15, -0.1) is 0 Å². The first-order chi connectivity index (χ1) is 14.0. The van der Waals surface area contributed by atoms with Gasteiger partial charge in [-0.25, -0.2) is 8.78 Å². The molecular weight excluding hydrogens is 372 g/mol. The third kappa shape index (κ3) is 2.92. The van der Waals surface area contributed by atoms with Crippen molar-refractivity contribution in [3.8, 4) is 11.1 Å². The summed E-state index contributed by atoms with van der Waals surface area (Å²) in [7, 11) is 0. The lowest BCUT2D eigenvalue weighted by atomic mass is 9.97. The van der Waals surface area contributed by atoms with Crippen LogP contribution < -0.4 is 0 Å². The Bertz CT molecular complexity index is 1180. The van der Waals surface area contributed by atoms with Crippen LogP contribution in [0.4, 0.5) is 8.78 Å². The second-order valence-corrected chi connectivity index (χ2v) is 7.35. The molecule has 0 N–H and O–H groups in total. The van der Waals surface area contributed by atoms with Crippen molar-refractivity contribution in [3.63, 3.8) is 0 Å². The maximum atomic E-state index is 14.8. The van der Waals surface area contributed by atoms with Gasteiger partial charge in [-0.2, -0.15) is 0 Å². The van der Waals surface area contributed by atoms with Crippen LogP contribution in [0.1, 0.15) is 39.7 Å². The van der Waals surface area contributed by atoms with E-state index < -0.39 is 11.6 Å². The van der Waals surface area contributed by atoms with Crippen LogP contribution in [0.3, 0.4) is 0 Å². The Labute approximate surface area is 166 Å². The molecule has 3 aromatic rings. The highest BCUT2D eigenvalue weighted by atomic mass is 19.1. The lowest BCUT2D eigenvalue weighted by molar-refractivity contribution is 0.0763. The zero-order valence-electron chi connectivity index (χ0n) is 15.7. The summed E-state index contributed by atoms with van der Waals surface area (Å²) in [6.07, 6.45) is 1.61. The summed E-state index contributed by atoms with van der Waals surface area (Å²) in [6, 6.07) is 11.7. The second kappa shape index (κ2) is 6.58. The normalized spacial score (nSPS) is 14.8. The highest BCUT2D eigenvalue weighted by Gasteiger charge is 2.29. The van der Waals surface area contributed by atoms with E-state index in [1.165, 1.54) is 17.0 Å². The number of carbonyl (C=O) groups is 1. The Morgan fingerprint density at radius 3 is 2.59 bits per heavy atom. The Balaban J connectivity index is 1.43. The third-order valence-corrected chi connectivity index (χ3v) is 5.55. The highest BCUT2D eigenvalue weighted by molar-refractivity contribution is 6.02. The number of hydrogen-bond donors (Lipinski definition) is 0. The van der Waals surface area contributed by atoms with Gasteiger partial charge in [-0.1, -0.05) is 12.1 Å². The Kier molecular flexibility index (Phi) is 4.01. The van der Waals surface area contributed by atoms with Gasteiger partial charge in [0, 0.05) is 23.0 Å². The van der Waals surface area contributed by atoms with Crippen molar-refractivity contribution in [3.05, 3.63) is 88.2 Å². The Morgan fingerprint density at radius 1 is 1.03 bits per heavy atom. The molecule has 2 aliphatic heterocycles. The molecule has 2 aromatic carbocycles. The van der Waals surface area contributed by atoms with Crippen LogP contribution in [-0.4, -0.2) is 21.5 Å². The summed E-state index contributed by atoms with van der Waals surface area (Å²) >= 11 is 0. The number of nitrogens with zero attached hydrogens (tertiary/aromatic N) is 3. The molecule has 0 atom stereocenters. The number of aromatic nitrogens is 1. The number of hydrogen-bond acceptors (Lipinski definition) is 3. The second-order valence-electron chi connectivity index (χ2n) is 7.35. The van der Waals surface area contributed by atoms with Crippen LogP contribution in [0.25, 0.3) is 11.1 Å². The molecule has 5 rings (SSSR count). The van der Waals surface area contributed by atoms with E-state index in [0.29, 0.717) is 23.4 Å². The van der Waals surface area contributed by atoms with Gasteiger partial charge in [-0.3, -0.25) is 14.8 Å². The number of pyridine rings is 1. The maximum absolute atomic E-state index is 14.8. The van der Waals surface area contributed by atoms with Crippen molar-refractivity contribution in [1.82, 2.24) is 9.88 Å². The quantitative estimate of drug-likeness (QED) is 0.662. The van der Waals surface area contributed by atoms with Crippen molar-refractivity contribution >= 4 is 11.6 Å². The summed E-state index contributed by atoms with van der Waals surface area (Å²) in [6.45, 7) is 2.65. The van der Waals surface area contributed by atoms with E-state index in [4.69, 9.17) is 0 Å². The average Bonchev–Trinajstić information content (AvgIpc) is 3.24. The Hall–Kier alpha value is -3.41. The van der Waals surface area contributed by atoms with Gasteiger partial charge < -0.3 is 4.90 Å². The van der Waals surface area contributed by atoms with Crippen molar-refractivity contribution in [1.29, 1.82) is 0 Å². The third-order valence-electron chi connectivity index (χ3n) is 5.55. The first-order valence-corrected chi connectivity index (χ1v) is 9.37. The molecule has 6 heteroatoms. The van der Waals surface area contributed by atoms with E-state index in [0.717, 1.165) is 22.4 Å². The minimum absolute atomic E-state index is 0.116. The highest BCUT2D eigenvalue weighted by Crippen LogP contribution is 2.30. The van der Waals surface area contributed by atoms with Crippen LogP contribution in [0.2, 0.25) is 0 Å². The smallest absolute Gasteiger partial charge is 0.256 e. The number of benzene rings is 2. The van der Waals surface area contributed by atoms with E-state index in [1.54, 1.807) is 18.3 Å². The molecule has 4 nitrogen and oxygen atoms in total. The van der Waals surface area contributed by atoms with Crippen LogP contribution in [-0.2, 0) is 19.6 Å². The SMILES string of the molecule is CC1=NCc2cc(-c3cc(F)c(CN4Cc5ncccc5C4=O)c(F)c3)ccc21. The van der Waals surface area contributed by atoms with Crippen LogP contribution in [0.5, 0.6) is 0 Å². The average molecular weight is 389 g/mol. The van der Waals surface area contributed by atoms with Gasteiger partial charge in [0.2, 0.25) is 0 Å². The molecule has 0 fully saturated rings. The molecule has 0 radical (unpaired) electrons. The predicted octanol–water partition coefficient (Wildman–Crippen LogP) is 4.51. The number of fused-ring (bicyclic) bond motifs is 2. The summed E-state index contributed by atoms with van der Waals surface area (Å²) in [5.74, 6) is -1.58.